The van der Waals surface area contributed by atoms with Crippen LogP contribution in [0.5, 0.6) is 5.75 Å². The number of nitrogens with one attached hydrogen (secondary N) is 2. The van der Waals surface area contributed by atoms with Crippen LogP contribution in [0.2, 0.25) is 0 Å². The Labute approximate surface area is 259 Å². The summed E-state index contributed by atoms with van der Waals surface area (Å²) < 4.78 is 12.3. The number of amides is 1. The zero-order chi connectivity index (χ0) is 30.6. The standard InChI is InChI=1S/C37H39N3O4/c1-28-15-17-30(18-16-28)23-25-38-40-36(42)37(24-8-12-29-10-4-2-5-11-29)34(31-13-6-3-7-14-31)44-35(39-37)32-19-21-33(22-20-32)43-27-9-26-41/h2-8,10-22,34,38,41H,9,23-27H2,1H3,(H,40,42)/b12-8+/t34-,37-/m0/s1. The molecule has 0 saturated heterocycles. The highest BCUT2D eigenvalue weighted by Crippen LogP contribution is 2.42. The molecule has 226 valence electrons. The molecule has 3 N–H and O–H groups in total. The van der Waals surface area contributed by atoms with Crippen molar-refractivity contribution in [3.8, 4) is 5.75 Å². The number of carbonyl (C=O) groups is 1. The van der Waals surface area contributed by atoms with E-state index in [-0.39, 0.29) is 12.5 Å². The van der Waals surface area contributed by atoms with E-state index in [9.17, 15) is 4.79 Å². The van der Waals surface area contributed by atoms with Gasteiger partial charge in [-0.15, -0.1) is 0 Å². The molecule has 0 spiro atoms. The number of aliphatic hydroxyl groups excluding tert-OH is 1. The summed E-state index contributed by atoms with van der Waals surface area (Å²) in [6.45, 7) is 3.14. The third kappa shape index (κ3) is 7.81. The molecule has 1 amide bonds. The summed E-state index contributed by atoms with van der Waals surface area (Å²) in [7, 11) is 0. The lowest BCUT2D eigenvalue weighted by atomic mass is 9.84. The first-order chi connectivity index (χ1) is 21.6. The predicted molar refractivity (Wildman–Crippen MR) is 174 cm³/mol. The molecule has 1 aliphatic rings. The fraction of sp³-hybridized carbons (Fsp3) is 0.243. The van der Waals surface area contributed by atoms with Gasteiger partial charge in [0, 0.05) is 31.6 Å². The van der Waals surface area contributed by atoms with Crippen molar-refractivity contribution >= 4 is 17.9 Å². The lowest BCUT2D eigenvalue weighted by Crippen LogP contribution is -2.52. The molecule has 1 aliphatic heterocycles. The number of hydrazine groups is 1. The van der Waals surface area contributed by atoms with Crippen molar-refractivity contribution < 1.29 is 19.4 Å². The van der Waals surface area contributed by atoms with Crippen LogP contribution in [0.25, 0.3) is 6.08 Å². The summed E-state index contributed by atoms with van der Waals surface area (Å²) in [5.74, 6) is 0.809. The summed E-state index contributed by atoms with van der Waals surface area (Å²) in [5.41, 5.74) is 9.86. The Morgan fingerprint density at radius 3 is 2.36 bits per heavy atom. The van der Waals surface area contributed by atoms with Crippen molar-refractivity contribution in [2.24, 2.45) is 4.99 Å². The predicted octanol–water partition coefficient (Wildman–Crippen LogP) is 5.98. The summed E-state index contributed by atoms with van der Waals surface area (Å²) in [5, 5.41) is 9.05. The molecule has 0 bridgehead atoms. The van der Waals surface area contributed by atoms with Gasteiger partial charge in [-0.1, -0.05) is 103 Å². The van der Waals surface area contributed by atoms with E-state index in [0.717, 1.165) is 23.1 Å². The van der Waals surface area contributed by atoms with Crippen LogP contribution >= 0.6 is 0 Å². The van der Waals surface area contributed by atoms with Gasteiger partial charge in [-0.05, 0) is 54.3 Å². The van der Waals surface area contributed by atoms with Gasteiger partial charge in [0.1, 0.15) is 5.75 Å². The van der Waals surface area contributed by atoms with Crippen molar-refractivity contribution in [3.63, 3.8) is 0 Å². The van der Waals surface area contributed by atoms with E-state index >= 15 is 0 Å². The maximum atomic E-state index is 14.2. The topological polar surface area (TPSA) is 92.2 Å². The van der Waals surface area contributed by atoms with Gasteiger partial charge in [0.25, 0.3) is 5.91 Å². The fourth-order valence-corrected chi connectivity index (χ4v) is 5.09. The first kappa shape index (κ1) is 30.7. The van der Waals surface area contributed by atoms with E-state index in [1.54, 1.807) is 0 Å². The van der Waals surface area contributed by atoms with Gasteiger partial charge in [0.2, 0.25) is 5.90 Å². The van der Waals surface area contributed by atoms with Crippen LogP contribution < -0.4 is 15.6 Å². The molecule has 4 aromatic carbocycles. The molecule has 0 radical (unpaired) electrons. The van der Waals surface area contributed by atoms with Crippen LogP contribution in [0, 0.1) is 6.92 Å². The van der Waals surface area contributed by atoms with Crippen LogP contribution in [0.1, 0.15) is 46.8 Å². The number of rotatable bonds is 14. The lowest BCUT2D eigenvalue weighted by molar-refractivity contribution is -0.129. The molecule has 0 aromatic heterocycles. The fourth-order valence-electron chi connectivity index (χ4n) is 5.09. The Kier molecular flexibility index (Phi) is 10.6. The number of hydrogen-bond donors (Lipinski definition) is 3. The second-order valence-electron chi connectivity index (χ2n) is 10.8. The van der Waals surface area contributed by atoms with Crippen LogP contribution in [-0.2, 0) is 16.0 Å². The highest BCUT2D eigenvalue weighted by molar-refractivity contribution is 6.01. The molecule has 0 saturated carbocycles. The molecule has 5 rings (SSSR count). The number of carbonyl (C=O) groups excluding carboxylic acids is 1. The Hall–Kier alpha value is -4.72. The lowest BCUT2D eigenvalue weighted by Gasteiger charge is -2.29. The largest absolute Gasteiger partial charge is 0.494 e. The van der Waals surface area contributed by atoms with E-state index in [1.165, 1.54) is 11.1 Å². The molecule has 0 aliphatic carbocycles. The Balaban J connectivity index is 1.43. The second kappa shape index (κ2) is 15.1. The molecule has 4 aromatic rings. The molecule has 1 heterocycles. The number of aliphatic imine (C=N–C) groups is 1. The van der Waals surface area contributed by atoms with Crippen molar-refractivity contribution in [1.29, 1.82) is 0 Å². The van der Waals surface area contributed by atoms with E-state index < -0.39 is 11.6 Å². The van der Waals surface area contributed by atoms with Crippen LogP contribution in [0.4, 0.5) is 0 Å². The second-order valence-corrected chi connectivity index (χ2v) is 10.8. The molecular formula is C37H39N3O4. The smallest absolute Gasteiger partial charge is 0.266 e. The molecule has 0 unspecified atom stereocenters. The number of hydrogen-bond acceptors (Lipinski definition) is 6. The molecule has 7 heteroatoms. The Bertz CT molecular complexity index is 1540. The van der Waals surface area contributed by atoms with Gasteiger partial charge in [0.15, 0.2) is 11.6 Å². The third-order valence-corrected chi connectivity index (χ3v) is 7.53. The van der Waals surface area contributed by atoms with E-state index in [0.29, 0.717) is 37.6 Å². The number of ether oxygens (including phenoxy) is 2. The van der Waals surface area contributed by atoms with Crippen LogP contribution in [0.15, 0.2) is 120 Å². The maximum Gasteiger partial charge on any atom is 0.266 e. The zero-order valence-corrected chi connectivity index (χ0v) is 25.0. The van der Waals surface area contributed by atoms with Crippen molar-refractivity contribution in [3.05, 3.63) is 143 Å². The summed E-state index contributed by atoms with van der Waals surface area (Å²) in [4.78, 5) is 19.2. The minimum Gasteiger partial charge on any atom is -0.494 e. The molecule has 7 nitrogen and oxygen atoms in total. The van der Waals surface area contributed by atoms with Crippen LogP contribution in [-0.4, -0.2) is 42.2 Å². The van der Waals surface area contributed by atoms with Crippen molar-refractivity contribution in [1.82, 2.24) is 10.9 Å². The van der Waals surface area contributed by atoms with Gasteiger partial charge in [-0.2, -0.15) is 0 Å². The first-order valence-corrected chi connectivity index (χ1v) is 15.0. The molecular weight excluding hydrogens is 550 g/mol. The van der Waals surface area contributed by atoms with Crippen molar-refractivity contribution in [2.45, 2.75) is 37.8 Å². The number of aliphatic hydroxyl groups is 1. The molecule has 0 fully saturated rings. The SMILES string of the molecule is Cc1ccc(CCNNC(=O)[C@@]2(C/C=C/c3ccccc3)N=C(c3ccc(OCCCO)cc3)O[C@H]2c2ccccc2)cc1. The van der Waals surface area contributed by atoms with Crippen molar-refractivity contribution in [2.75, 3.05) is 19.8 Å². The minimum absolute atomic E-state index is 0.0767. The van der Waals surface area contributed by atoms with E-state index in [1.807, 2.05) is 97.1 Å². The number of aryl methyl sites for hydroxylation is 1. The van der Waals surface area contributed by atoms with Gasteiger partial charge in [-0.25, -0.2) is 10.4 Å². The number of nitrogens with zero attached hydrogens (tertiary/aromatic N) is 1. The highest BCUT2D eigenvalue weighted by atomic mass is 16.5. The summed E-state index contributed by atoms with van der Waals surface area (Å²) >= 11 is 0. The third-order valence-electron chi connectivity index (χ3n) is 7.53. The van der Waals surface area contributed by atoms with Gasteiger partial charge in [-0.3, -0.25) is 10.2 Å². The average Bonchev–Trinajstić information content (AvgIpc) is 3.46. The quantitative estimate of drug-likeness (QED) is 0.124. The summed E-state index contributed by atoms with van der Waals surface area (Å²) in [6.07, 6.45) is 4.99. The van der Waals surface area contributed by atoms with Gasteiger partial charge >= 0.3 is 0 Å². The van der Waals surface area contributed by atoms with Gasteiger partial charge in [0.05, 0.1) is 6.61 Å². The monoisotopic (exact) mass is 589 g/mol. The van der Waals surface area contributed by atoms with Crippen LogP contribution in [0.3, 0.4) is 0 Å². The summed E-state index contributed by atoms with van der Waals surface area (Å²) in [6, 6.07) is 35.6. The Morgan fingerprint density at radius 1 is 0.955 bits per heavy atom. The van der Waals surface area contributed by atoms with E-state index in [2.05, 4.69) is 42.0 Å². The molecule has 2 atom stereocenters. The highest BCUT2D eigenvalue weighted by Gasteiger charge is 2.52. The Morgan fingerprint density at radius 2 is 1.66 bits per heavy atom. The molecule has 44 heavy (non-hydrogen) atoms. The maximum absolute atomic E-state index is 14.2. The van der Waals surface area contributed by atoms with E-state index in [4.69, 9.17) is 19.6 Å². The first-order valence-electron chi connectivity index (χ1n) is 15.0. The average molecular weight is 590 g/mol. The van der Waals surface area contributed by atoms with Gasteiger partial charge < -0.3 is 14.6 Å². The normalized spacial score (nSPS) is 17.7. The number of benzene rings is 4. The minimum atomic E-state index is -1.27. The zero-order valence-electron chi connectivity index (χ0n) is 25.0.